The van der Waals surface area contributed by atoms with Gasteiger partial charge in [-0.2, -0.15) is 0 Å². The van der Waals surface area contributed by atoms with Crippen LogP contribution in [-0.4, -0.2) is 13.8 Å². The molecule has 0 aliphatic heterocycles. The number of hydrogen-bond acceptors (Lipinski definition) is 4. The molecule has 0 amide bonds. The summed E-state index contributed by atoms with van der Waals surface area (Å²) < 4.78 is 16.6. The molecule has 1 atom stereocenters. The highest BCUT2D eigenvalue weighted by atomic mass is 35.5. The van der Waals surface area contributed by atoms with Gasteiger partial charge in [-0.1, -0.05) is 16.1 Å². The first kappa shape index (κ1) is 11.7. The second kappa shape index (κ2) is 4.61. The predicted octanol–water partition coefficient (Wildman–Crippen LogP) is 2.98. The van der Waals surface area contributed by atoms with E-state index in [1.165, 1.54) is 6.20 Å². The molecular formula is C10H9ClN2OS2. The molecule has 2 rings (SSSR count). The molecule has 0 aliphatic rings. The molecule has 1 aromatic carbocycles. The van der Waals surface area contributed by atoms with E-state index in [9.17, 15) is 4.21 Å². The van der Waals surface area contributed by atoms with Crippen molar-refractivity contribution in [3.05, 3.63) is 34.5 Å². The minimum absolute atomic E-state index is 0.657. The largest absolute Gasteiger partial charge is 0.248 e. The van der Waals surface area contributed by atoms with Crippen molar-refractivity contribution in [3.8, 4) is 0 Å². The SMILES string of the molecule is Cc1cc([S@](=O)c2cnns2)c(C)cc1Cl. The van der Waals surface area contributed by atoms with E-state index in [1.54, 1.807) is 0 Å². The molecule has 1 heterocycles. The van der Waals surface area contributed by atoms with Crippen LogP contribution in [0.2, 0.25) is 5.02 Å². The summed E-state index contributed by atoms with van der Waals surface area (Å²) >= 11 is 7.14. The molecule has 6 heteroatoms. The van der Waals surface area contributed by atoms with Crippen LogP contribution in [0.1, 0.15) is 11.1 Å². The van der Waals surface area contributed by atoms with E-state index in [0.717, 1.165) is 27.6 Å². The molecule has 2 aromatic rings. The van der Waals surface area contributed by atoms with Crippen LogP contribution in [-0.2, 0) is 10.8 Å². The third kappa shape index (κ3) is 2.16. The van der Waals surface area contributed by atoms with Crippen LogP contribution >= 0.6 is 23.1 Å². The first-order valence-electron chi connectivity index (χ1n) is 4.55. The quantitative estimate of drug-likeness (QED) is 0.844. The van der Waals surface area contributed by atoms with Gasteiger partial charge in [0.15, 0.2) is 0 Å². The topological polar surface area (TPSA) is 42.9 Å². The first-order valence-corrected chi connectivity index (χ1v) is 6.85. The minimum atomic E-state index is -1.21. The van der Waals surface area contributed by atoms with Crippen molar-refractivity contribution in [2.24, 2.45) is 0 Å². The third-order valence-corrected chi connectivity index (χ3v) is 5.04. The van der Waals surface area contributed by atoms with Gasteiger partial charge >= 0.3 is 0 Å². The van der Waals surface area contributed by atoms with Gasteiger partial charge in [-0.3, -0.25) is 0 Å². The summed E-state index contributed by atoms with van der Waals surface area (Å²) in [6.45, 7) is 3.79. The van der Waals surface area contributed by atoms with Crippen LogP contribution in [0, 0.1) is 13.8 Å². The zero-order chi connectivity index (χ0) is 11.7. The average Bonchev–Trinajstić information content (AvgIpc) is 2.75. The highest BCUT2D eigenvalue weighted by molar-refractivity contribution is 7.87. The zero-order valence-electron chi connectivity index (χ0n) is 8.73. The summed E-state index contributed by atoms with van der Waals surface area (Å²) in [7, 11) is -1.21. The molecule has 0 spiro atoms. The Morgan fingerprint density at radius 3 is 2.69 bits per heavy atom. The van der Waals surface area contributed by atoms with E-state index in [-0.39, 0.29) is 0 Å². The van der Waals surface area contributed by atoms with E-state index in [2.05, 4.69) is 9.59 Å². The molecule has 84 valence electrons. The molecule has 3 nitrogen and oxygen atoms in total. The summed E-state index contributed by atoms with van der Waals surface area (Å²) in [4.78, 5) is 0.771. The fourth-order valence-electron chi connectivity index (χ4n) is 1.30. The zero-order valence-corrected chi connectivity index (χ0v) is 11.1. The maximum absolute atomic E-state index is 12.2. The molecule has 16 heavy (non-hydrogen) atoms. The molecule has 1 aromatic heterocycles. The Labute approximate surface area is 105 Å². The molecule has 0 saturated carbocycles. The lowest BCUT2D eigenvalue weighted by Gasteiger charge is -2.06. The van der Waals surface area contributed by atoms with E-state index in [1.807, 2.05) is 26.0 Å². The second-order valence-corrected chi connectivity index (χ2v) is 6.24. The molecule has 0 N–H and O–H groups in total. The lowest BCUT2D eigenvalue weighted by atomic mass is 10.2. The fraction of sp³-hybridized carbons (Fsp3) is 0.200. The number of rotatable bonds is 2. The van der Waals surface area contributed by atoms with Gasteiger partial charge in [0.05, 0.1) is 17.0 Å². The number of hydrogen-bond donors (Lipinski definition) is 0. The Balaban J connectivity index is 2.49. The standard InChI is InChI=1S/C10H9ClN2OS2/c1-6-4-9(7(2)3-8(6)11)16(14)10-5-12-13-15-10/h3-5H,1-2H3/t16-/m0/s1. The maximum Gasteiger partial charge on any atom is 0.137 e. The van der Waals surface area contributed by atoms with Gasteiger partial charge in [0.1, 0.15) is 4.21 Å². The number of aryl methyl sites for hydroxylation is 2. The van der Waals surface area contributed by atoms with E-state index in [0.29, 0.717) is 9.23 Å². The van der Waals surface area contributed by atoms with E-state index < -0.39 is 10.8 Å². The summed E-state index contributed by atoms with van der Waals surface area (Å²) in [5.41, 5.74) is 1.84. The number of halogens is 1. The van der Waals surface area contributed by atoms with Crippen LogP contribution < -0.4 is 0 Å². The van der Waals surface area contributed by atoms with Crippen molar-refractivity contribution >= 4 is 33.9 Å². The summed E-state index contributed by atoms with van der Waals surface area (Å²) in [6.07, 6.45) is 1.53. The molecule has 0 fully saturated rings. The van der Waals surface area contributed by atoms with Gasteiger partial charge in [-0.25, -0.2) is 4.21 Å². The highest BCUT2D eigenvalue weighted by Gasteiger charge is 2.13. The first-order chi connectivity index (χ1) is 7.59. The molecule has 0 bridgehead atoms. The average molecular weight is 273 g/mol. The van der Waals surface area contributed by atoms with Gasteiger partial charge in [0.2, 0.25) is 0 Å². The lowest BCUT2D eigenvalue weighted by Crippen LogP contribution is -1.95. The Morgan fingerprint density at radius 1 is 1.31 bits per heavy atom. The van der Waals surface area contributed by atoms with Crippen molar-refractivity contribution in [3.63, 3.8) is 0 Å². The molecule has 0 saturated heterocycles. The normalized spacial score (nSPS) is 12.7. The van der Waals surface area contributed by atoms with Gasteiger partial charge in [0.25, 0.3) is 0 Å². The summed E-state index contributed by atoms with van der Waals surface area (Å²) in [6, 6.07) is 3.69. The van der Waals surface area contributed by atoms with Crippen LogP contribution in [0.3, 0.4) is 0 Å². The van der Waals surface area contributed by atoms with E-state index >= 15 is 0 Å². The molecular weight excluding hydrogens is 264 g/mol. The lowest BCUT2D eigenvalue weighted by molar-refractivity contribution is 0.684. The van der Waals surface area contributed by atoms with Crippen LogP contribution in [0.25, 0.3) is 0 Å². The van der Waals surface area contributed by atoms with Gasteiger partial charge in [-0.15, -0.1) is 5.10 Å². The van der Waals surface area contributed by atoms with Gasteiger partial charge in [0, 0.05) is 9.92 Å². The molecule has 0 unspecified atom stereocenters. The number of benzene rings is 1. The molecule has 0 radical (unpaired) electrons. The molecule has 0 aliphatic carbocycles. The smallest absolute Gasteiger partial charge is 0.137 e. The van der Waals surface area contributed by atoms with Crippen LogP contribution in [0.5, 0.6) is 0 Å². The minimum Gasteiger partial charge on any atom is -0.248 e. The fourth-order valence-corrected chi connectivity index (χ4v) is 3.42. The van der Waals surface area contributed by atoms with Gasteiger partial charge in [-0.05, 0) is 48.6 Å². The van der Waals surface area contributed by atoms with E-state index in [4.69, 9.17) is 11.6 Å². The van der Waals surface area contributed by atoms with Crippen molar-refractivity contribution in [2.45, 2.75) is 23.0 Å². The van der Waals surface area contributed by atoms with Gasteiger partial charge < -0.3 is 0 Å². The van der Waals surface area contributed by atoms with Crippen molar-refractivity contribution in [1.82, 2.24) is 9.59 Å². The number of aromatic nitrogens is 2. The third-order valence-electron chi connectivity index (χ3n) is 2.18. The Bertz CT molecular complexity index is 540. The van der Waals surface area contributed by atoms with Crippen molar-refractivity contribution < 1.29 is 4.21 Å². The summed E-state index contributed by atoms with van der Waals surface area (Å²) in [5, 5.41) is 4.38. The maximum atomic E-state index is 12.2. The van der Waals surface area contributed by atoms with Crippen molar-refractivity contribution in [2.75, 3.05) is 0 Å². The van der Waals surface area contributed by atoms with Crippen LogP contribution in [0.4, 0.5) is 0 Å². The summed E-state index contributed by atoms with van der Waals surface area (Å²) in [5.74, 6) is 0. The Kier molecular flexibility index (Phi) is 3.37. The van der Waals surface area contributed by atoms with Crippen LogP contribution in [0.15, 0.2) is 27.4 Å². The number of nitrogens with zero attached hydrogens (tertiary/aromatic N) is 2. The predicted molar refractivity (Wildman–Crippen MR) is 65.5 cm³/mol. The Hall–Kier alpha value is -0.780. The highest BCUT2D eigenvalue weighted by Crippen LogP contribution is 2.26. The monoisotopic (exact) mass is 272 g/mol. The second-order valence-electron chi connectivity index (χ2n) is 3.37. The van der Waals surface area contributed by atoms with Crippen molar-refractivity contribution in [1.29, 1.82) is 0 Å². The Morgan fingerprint density at radius 2 is 2.06 bits per heavy atom.